The van der Waals surface area contributed by atoms with Gasteiger partial charge in [0.2, 0.25) is 10.0 Å². The second kappa shape index (κ2) is 6.60. The van der Waals surface area contributed by atoms with Gasteiger partial charge in [0.1, 0.15) is 10.7 Å². The number of benzene rings is 1. The molecule has 4 nitrogen and oxygen atoms in total. The number of halogens is 2. The molecule has 0 bridgehead atoms. The maximum absolute atomic E-state index is 13.1. The summed E-state index contributed by atoms with van der Waals surface area (Å²) < 4.78 is 40.2. The van der Waals surface area contributed by atoms with Crippen LogP contribution < -0.4 is 5.73 Å². The molecule has 1 aliphatic rings. The molecule has 2 rings (SSSR count). The second-order valence-corrected chi connectivity index (χ2v) is 7.54. The number of hydrogen-bond acceptors (Lipinski definition) is 3. The lowest BCUT2D eigenvalue weighted by Gasteiger charge is -2.31. The number of nitrogens with two attached hydrogens (primary N) is 1. The third-order valence-electron chi connectivity index (χ3n) is 4.08. The van der Waals surface area contributed by atoms with Crippen molar-refractivity contribution in [2.24, 2.45) is 11.7 Å². The molecule has 21 heavy (non-hydrogen) atoms. The van der Waals surface area contributed by atoms with E-state index in [2.05, 4.69) is 0 Å². The van der Waals surface area contributed by atoms with Crippen LogP contribution in [0.1, 0.15) is 26.2 Å². The maximum Gasteiger partial charge on any atom is 0.244 e. The fourth-order valence-electron chi connectivity index (χ4n) is 3.06. The van der Waals surface area contributed by atoms with Crippen LogP contribution in [0.5, 0.6) is 0 Å². The van der Waals surface area contributed by atoms with Gasteiger partial charge in [-0.3, -0.25) is 0 Å². The van der Waals surface area contributed by atoms with E-state index in [-0.39, 0.29) is 21.9 Å². The number of rotatable bonds is 5. The fraction of sp³-hybridized carbons (Fsp3) is 0.571. The Balaban J connectivity index is 2.40. The Bertz CT molecular complexity index is 609. The number of hydrogen-bond donors (Lipinski definition) is 1. The molecule has 7 heteroatoms. The van der Waals surface area contributed by atoms with Crippen LogP contribution in [0.2, 0.25) is 5.02 Å². The van der Waals surface area contributed by atoms with E-state index in [1.807, 2.05) is 0 Å². The van der Waals surface area contributed by atoms with Gasteiger partial charge in [-0.05, 0) is 43.5 Å². The van der Waals surface area contributed by atoms with Crippen molar-refractivity contribution in [2.45, 2.75) is 37.1 Å². The average molecular weight is 335 g/mol. The Hall–Kier alpha value is -0.690. The lowest BCUT2D eigenvalue weighted by Crippen LogP contribution is -2.44. The lowest BCUT2D eigenvalue weighted by atomic mass is 10.0. The van der Waals surface area contributed by atoms with Gasteiger partial charge >= 0.3 is 0 Å². The summed E-state index contributed by atoms with van der Waals surface area (Å²) in [6.07, 6.45) is 2.70. The Kier molecular flexibility index (Phi) is 5.24. The summed E-state index contributed by atoms with van der Waals surface area (Å²) in [6.45, 7) is 2.60. The van der Waals surface area contributed by atoms with Crippen LogP contribution in [0.4, 0.5) is 4.39 Å². The van der Waals surface area contributed by atoms with Gasteiger partial charge in [-0.1, -0.05) is 24.9 Å². The van der Waals surface area contributed by atoms with Crippen LogP contribution in [0.3, 0.4) is 0 Å². The van der Waals surface area contributed by atoms with Crippen LogP contribution in [-0.2, 0) is 10.0 Å². The van der Waals surface area contributed by atoms with E-state index in [0.29, 0.717) is 13.1 Å². The largest absolute Gasteiger partial charge is 0.330 e. The number of nitrogens with zero attached hydrogens (tertiary/aromatic N) is 1. The Morgan fingerprint density at radius 2 is 2.14 bits per heavy atom. The van der Waals surface area contributed by atoms with E-state index in [4.69, 9.17) is 17.3 Å². The zero-order chi connectivity index (χ0) is 15.6. The highest BCUT2D eigenvalue weighted by molar-refractivity contribution is 7.89. The minimum absolute atomic E-state index is 0.0462. The molecular formula is C14H20ClFN2O2S. The molecule has 2 unspecified atom stereocenters. The topological polar surface area (TPSA) is 63.4 Å². The second-order valence-electron chi connectivity index (χ2n) is 5.28. The van der Waals surface area contributed by atoms with Crippen molar-refractivity contribution in [3.63, 3.8) is 0 Å². The van der Waals surface area contributed by atoms with Crippen molar-refractivity contribution in [1.29, 1.82) is 0 Å². The summed E-state index contributed by atoms with van der Waals surface area (Å²) in [7, 11) is -3.75. The summed E-state index contributed by atoms with van der Waals surface area (Å²) >= 11 is 5.92. The van der Waals surface area contributed by atoms with E-state index in [1.54, 1.807) is 6.92 Å². The molecule has 0 aromatic heterocycles. The van der Waals surface area contributed by atoms with Crippen LogP contribution in [-0.4, -0.2) is 31.9 Å². The van der Waals surface area contributed by atoms with Crippen molar-refractivity contribution in [1.82, 2.24) is 4.31 Å². The molecule has 1 aliphatic carbocycles. The van der Waals surface area contributed by atoms with Crippen molar-refractivity contribution in [3.05, 3.63) is 29.0 Å². The van der Waals surface area contributed by atoms with Gasteiger partial charge in [-0.25, -0.2) is 12.8 Å². The molecule has 0 radical (unpaired) electrons. The molecule has 1 fully saturated rings. The van der Waals surface area contributed by atoms with Crippen molar-refractivity contribution >= 4 is 21.6 Å². The Morgan fingerprint density at radius 1 is 1.43 bits per heavy atom. The molecule has 0 heterocycles. The smallest absolute Gasteiger partial charge is 0.244 e. The standard InChI is InChI=1S/C14H20ClFN2O2S/c1-2-18(13-5-3-4-10(13)9-17)21(19,20)14-7-6-11(16)8-12(14)15/h6-8,10,13H,2-5,9,17H2,1H3. The monoisotopic (exact) mass is 334 g/mol. The minimum Gasteiger partial charge on any atom is -0.330 e. The quantitative estimate of drug-likeness (QED) is 0.900. The van der Waals surface area contributed by atoms with Crippen LogP contribution in [0.25, 0.3) is 0 Å². The van der Waals surface area contributed by atoms with Gasteiger partial charge in [0.05, 0.1) is 5.02 Å². The van der Waals surface area contributed by atoms with Crippen LogP contribution in [0.15, 0.2) is 23.1 Å². The van der Waals surface area contributed by atoms with Gasteiger partial charge in [0.25, 0.3) is 0 Å². The highest BCUT2D eigenvalue weighted by atomic mass is 35.5. The molecular weight excluding hydrogens is 315 g/mol. The predicted octanol–water partition coefficient (Wildman–Crippen LogP) is 2.62. The maximum atomic E-state index is 13.1. The Labute approximate surface area is 130 Å². The SMILES string of the molecule is CCN(C1CCCC1CN)S(=O)(=O)c1ccc(F)cc1Cl. The fourth-order valence-corrected chi connectivity index (χ4v) is 5.30. The first-order valence-corrected chi connectivity index (χ1v) is 8.90. The first-order chi connectivity index (χ1) is 9.91. The molecule has 1 aromatic rings. The summed E-state index contributed by atoms with van der Waals surface area (Å²) in [6, 6.07) is 3.26. The molecule has 0 aliphatic heterocycles. The molecule has 2 N–H and O–H groups in total. The average Bonchev–Trinajstić information content (AvgIpc) is 2.86. The molecule has 0 amide bonds. The lowest BCUT2D eigenvalue weighted by molar-refractivity contribution is 0.276. The molecule has 1 saturated carbocycles. The molecule has 118 valence electrons. The van der Waals surface area contributed by atoms with E-state index < -0.39 is 15.8 Å². The highest BCUT2D eigenvalue weighted by Crippen LogP contribution is 2.34. The van der Waals surface area contributed by atoms with Gasteiger partial charge in [0, 0.05) is 12.6 Å². The van der Waals surface area contributed by atoms with E-state index in [0.717, 1.165) is 31.4 Å². The normalized spacial score (nSPS) is 22.9. The summed E-state index contributed by atoms with van der Waals surface area (Å²) in [4.78, 5) is -0.0462. The van der Waals surface area contributed by atoms with Crippen molar-refractivity contribution < 1.29 is 12.8 Å². The molecule has 2 atom stereocenters. The van der Waals surface area contributed by atoms with Crippen molar-refractivity contribution in [3.8, 4) is 0 Å². The first-order valence-electron chi connectivity index (χ1n) is 7.08. The summed E-state index contributed by atoms with van der Waals surface area (Å²) in [5, 5.41) is -0.0873. The zero-order valence-corrected chi connectivity index (χ0v) is 13.5. The van der Waals surface area contributed by atoms with Gasteiger partial charge in [0.15, 0.2) is 0 Å². The molecule has 0 saturated heterocycles. The summed E-state index contributed by atoms with van der Waals surface area (Å²) in [5.41, 5.74) is 5.75. The summed E-state index contributed by atoms with van der Waals surface area (Å²) in [5.74, 6) is -0.387. The zero-order valence-electron chi connectivity index (χ0n) is 11.9. The third kappa shape index (κ3) is 3.23. The predicted molar refractivity (Wildman–Crippen MR) is 81.2 cm³/mol. The third-order valence-corrected chi connectivity index (χ3v) is 6.57. The molecule has 1 aromatic carbocycles. The van der Waals surface area contributed by atoms with Crippen LogP contribution >= 0.6 is 11.6 Å². The first kappa shape index (κ1) is 16.7. The van der Waals surface area contributed by atoms with Gasteiger partial charge in [-0.15, -0.1) is 0 Å². The minimum atomic E-state index is -3.75. The van der Waals surface area contributed by atoms with E-state index >= 15 is 0 Å². The van der Waals surface area contributed by atoms with E-state index in [1.165, 1.54) is 10.4 Å². The van der Waals surface area contributed by atoms with Gasteiger partial charge in [-0.2, -0.15) is 4.31 Å². The van der Waals surface area contributed by atoms with E-state index in [9.17, 15) is 12.8 Å². The molecule has 0 spiro atoms. The van der Waals surface area contributed by atoms with Crippen LogP contribution in [0, 0.1) is 11.7 Å². The highest BCUT2D eigenvalue weighted by Gasteiger charge is 2.38. The number of sulfonamides is 1. The van der Waals surface area contributed by atoms with Crippen molar-refractivity contribution in [2.75, 3.05) is 13.1 Å². The Morgan fingerprint density at radius 3 is 2.71 bits per heavy atom. The van der Waals surface area contributed by atoms with Gasteiger partial charge < -0.3 is 5.73 Å².